The Labute approximate surface area is 151 Å². The third-order valence-electron chi connectivity index (χ3n) is 3.67. The van der Waals surface area contributed by atoms with Gasteiger partial charge >= 0.3 is 0 Å². The van der Waals surface area contributed by atoms with E-state index in [0.717, 1.165) is 10.7 Å². The van der Waals surface area contributed by atoms with Crippen LogP contribution >= 0.6 is 0 Å². The fourth-order valence-electron chi connectivity index (χ4n) is 2.34. The zero-order chi connectivity index (χ0) is 19.8. The Kier molecular flexibility index (Phi) is 4.72. The molecule has 27 heavy (non-hydrogen) atoms. The molecule has 1 amide bonds. The first-order valence-corrected chi connectivity index (χ1v) is 8.92. The van der Waals surface area contributed by atoms with Crippen molar-refractivity contribution in [3.05, 3.63) is 70.1 Å². The van der Waals surface area contributed by atoms with E-state index in [-0.39, 0.29) is 16.5 Å². The van der Waals surface area contributed by atoms with Crippen LogP contribution in [0.2, 0.25) is 0 Å². The topological polar surface area (TPSA) is 110 Å². The molecule has 0 aliphatic heterocycles. The SMILES string of the molecule is Cn1nc(C(=O)NNS(=O)(=O)c2ccc(F)c(F)c2)c2ccccc2c1=O. The number of benzene rings is 2. The number of aryl methyl sites for hydroxylation is 1. The highest BCUT2D eigenvalue weighted by molar-refractivity contribution is 7.89. The van der Waals surface area contributed by atoms with E-state index in [1.807, 2.05) is 5.43 Å². The zero-order valence-corrected chi connectivity index (χ0v) is 14.5. The summed E-state index contributed by atoms with van der Waals surface area (Å²) in [6, 6.07) is 8.15. The van der Waals surface area contributed by atoms with E-state index in [9.17, 15) is 26.8 Å². The molecule has 0 fully saturated rings. The summed E-state index contributed by atoms with van der Waals surface area (Å²) < 4.78 is 51.4. The quantitative estimate of drug-likeness (QED) is 0.637. The van der Waals surface area contributed by atoms with E-state index < -0.39 is 38.0 Å². The first-order valence-electron chi connectivity index (χ1n) is 7.44. The van der Waals surface area contributed by atoms with Crippen LogP contribution in [0.4, 0.5) is 8.78 Å². The van der Waals surface area contributed by atoms with E-state index in [1.165, 1.54) is 19.2 Å². The van der Waals surface area contributed by atoms with Crippen LogP contribution in [0.1, 0.15) is 10.5 Å². The lowest BCUT2D eigenvalue weighted by atomic mass is 10.1. The van der Waals surface area contributed by atoms with Gasteiger partial charge in [0.25, 0.3) is 21.5 Å². The molecule has 2 N–H and O–H groups in total. The fraction of sp³-hybridized carbons (Fsp3) is 0.0625. The second-order valence-corrected chi connectivity index (χ2v) is 7.14. The second kappa shape index (κ2) is 6.85. The Bertz CT molecular complexity index is 1220. The summed E-state index contributed by atoms with van der Waals surface area (Å²) in [4.78, 5) is 25.6. The number of nitrogens with one attached hydrogen (secondary N) is 2. The Morgan fingerprint density at radius 2 is 1.74 bits per heavy atom. The standard InChI is InChI=1S/C16H12F2N4O4S/c1-22-16(24)11-5-3-2-4-10(11)14(20-22)15(23)19-21-27(25,26)9-6-7-12(17)13(18)8-9/h2-8,21H,1H3,(H,19,23). The van der Waals surface area contributed by atoms with Gasteiger partial charge in [-0.15, -0.1) is 4.83 Å². The van der Waals surface area contributed by atoms with Crippen molar-refractivity contribution in [3.63, 3.8) is 0 Å². The summed E-state index contributed by atoms with van der Waals surface area (Å²) >= 11 is 0. The minimum Gasteiger partial charge on any atom is -0.272 e. The minimum absolute atomic E-state index is 0.194. The van der Waals surface area contributed by atoms with Gasteiger partial charge in [-0.3, -0.25) is 15.0 Å². The molecule has 0 unspecified atom stereocenters. The Morgan fingerprint density at radius 1 is 1.07 bits per heavy atom. The molecule has 3 aromatic rings. The zero-order valence-electron chi connectivity index (χ0n) is 13.7. The summed E-state index contributed by atoms with van der Waals surface area (Å²) in [7, 11) is -3.01. The van der Waals surface area contributed by atoms with Gasteiger partial charge < -0.3 is 0 Å². The van der Waals surface area contributed by atoms with Gasteiger partial charge in [-0.2, -0.15) is 5.10 Å². The Balaban J connectivity index is 1.90. The van der Waals surface area contributed by atoms with Crippen LogP contribution in [0.25, 0.3) is 10.8 Å². The summed E-state index contributed by atoms with van der Waals surface area (Å²) in [5.41, 5.74) is 1.32. The fourth-order valence-corrected chi connectivity index (χ4v) is 3.19. The van der Waals surface area contributed by atoms with Gasteiger partial charge in [-0.05, 0) is 24.3 Å². The average Bonchev–Trinajstić information content (AvgIpc) is 2.65. The van der Waals surface area contributed by atoms with Crippen molar-refractivity contribution in [2.75, 3.05) is 0 Å². The second-order valence-electron chi connectivity index (χ2n) is 5.46. The first-order chi connectivity index (χ1) is 12.7. The number of fused-ring (bicyclic) bond motifs is 1. The monoisotopic (exact) mass is 394 g/mol. The third kappa shape index (κ3) is 3.55. The van der Waals surface area contributed by atoms with Crippen LogP contribution in [-0.4, -0.2) is 24.1 Å². The minimum atomic E-state index is -4.36. The number of amides is 1. The maximum Gasteiger partial charge on any atom is 0.287 e. The molecular weight excluding hydrogens is 382 g/mol. The lowest BCUT2D eigenvalue weighted by Crippen LogP contribution is -2.42. The molecule has 11 heteroatoms. The van der Waals surface area contributed by atoms with Gasteiger partial charge in [0.05, 0.1) is 10.3 Å². The average molecular weight is 394 g/mol. The number of hydrazine groups is 1. The molecule has 8 nitrogen and oxygen atoms in total. The van der Waals surface area contributed by atoms with Gasteiger partial charge in [0.1, 0.15) is 0 Å². The van der Waals surface area contributed by atoms with Crippen molar-refractivity contribution in [2.24, 2.45) is 7.05 Å². The molecule has 1 heterocycles. The molecule has 2 aromatic carbocycles. The highest BCUT2D eigenvalue weighted by atomic mass is 32.2. The molecular formula is C16H12F2N4O4S. The van der Waals surface area contributed by atoms with Gasteiger partial charge in [0.15, 0.2) is 17.3 Å². The molecule has 140 valence electrons. The molecule has 1 aromatic heterocycles. The number of hydrogen-bond acceptors (Lipinski definition) is 5. The van der Waals surface area contributed by atoms with Crippen LogP contribution in [0, 0.1) is 11.6 Å². The molecule has 3 rings (SSSR count). The van der Waals surface area contributed by atoms with Crippen molar-refractivity contribution in [2.45, 2.75) is 4.90 Å². The molecule has 0 atom stereocenters. The molecule has 0 radical (unpaired) electrons. The maximum absolute atomic E-state index is 13.2. The summed E-state index contributed by atoms with van der Waals surface area (Å²) in [5.74, 6) is -3.50. The molecule has 0 spiro atoms. The third-order valence-corrected chi connectivity index (χ3v) is 4.92. The number of nitrogens with zero attached hydrogens (tertiary/aromatic N) is 2. The lowest BCUT2D eigenvalue weighted by Gasteiger charge is -2.10. The largest absolute Gasteiger partial charge is 0.287 e. The number of carbonyl (C=O) groups is 1. The van der Waals surface area contributed by atoms with Gasteiger partial charge in [0.2, 0.25) is 0 Å². The van der Waals surface area contributed by atoms with E-state index in [4.69, 9.17) is 0 Å². The summed E-state index contributed by atoms with van der Waals surface area (Å²) in [5, 5.41) is 4.30. The van der Waals surface area contributed by atoms with Crippen LogP contribution < -0.4 is 15.8 Å². The lowest BCUT2D eigenvalue weighted by molar-refractivity contribution is 0.0940. The molecule has 0 saturated carbocycles. The van der Waals surface area contributed by atoms with Crippen molar-refractivity contribution >= 4 is 26.7 Å². The van der Waals surface area contributed by atoms with Crippen molar-refractivity contribution in [1.82, 2.24) is 20.0 Å². The molecule has 0 bridgehead atoms. The molecule has 0 saturated heterocycles. The summed E-state index contributed by atoms with van der Waals surface area (Å²) in [6.45, 7) is 0. The molecule has 0 aliphatic carbocycles. The number of hydrogen-bond donors (Lipinski definition) is 2. The smallest absolute Gasteiger partial charge is 0.272 e. The van der Waals surface area contributed by atoms with Gasteiger partial charge in [-0.25, -0.2) is 21.9 Å². The van der Waals surface area contributed by atoms with Crippen LogP contribution in [-0.2, 0) is 17.1 Å². The summed E-state index contributed by atoms with van der Waals surface area (Å²) in [6.07, 6.45) is 0. The number of carbonyl (C=O) groups excluding carboxylic acids is 1. The van der Waals surface area contributed by atoms with Crippen molar-refractivity contribution in [3.8, 4) is 0 Å². The van der Waals surface area contributed by atoms with Gasteiger partial charge in [-0.1, -0.05) is 18.2 Å². The number of aromatic nitrogens is 2. The van der Waals surface area contributed by atoms with E-state index in [2.05, 4.69) is 5.10 Å². The number of halogens is 2. The predicted octanol–water partition coefficient (Wildman–Crippen LogP) is 0.835. The molecule has 0 aliphatic rings. The maximum atomic E-state index is 13.2. The van der Waals surface area contributed by atoms with Gasteiger partial charge in [0, 0.05) is 12.4 Å². The van der Waals surface area contributed by atoms with Crippen LogP contribution in [0.3, 0.4) is 0 Å². The van der Waals surface area contributed by atoms with Crippen molar-refractivity contribution < 1.29 is 22.0 Å². The van der Waals surface area contributed by atoms with E-state index in [1.54, 1.807) is 17.0 Å². The van der Waals surface area contributed by atoms with Crippen LogP contribution in [0.15, 0.2) is 52.2 Å². The number of sulfonamides is 1. The first kappa shape index (κ1) is 18.6. The van der Waals surface area contributed by atoms with Crippen molar-refractivity contribution in [1.29, 1.82) is 0 Å². The van der Waals surface area contributed by atoms with E-state index >= 15 is 0 Å². The Hall–Kier alpha value is -3.18. The predicted molar refractivity (Wildman–Crippen MR) is 91.1 cm³/mol. The Morgan fingerprint density at radius 3 is 2.41 bits per heavy atom. The highest BCUT2D eigenvalue weighted by Crippen LogP contribution is 2.14. The normalized spacial score (nSPS) is 11.5. The highest BCUT2D eigenvalue weighted by Gasteiger charge is 2.20. The number of rotatable bonds is 4. The van der Waals surface area contributed by atoms with E-state index in [0.29, 0.717) is 12.1 Å². The van der Waals surface area contributed by atoms with Crippen LogP contribution in [0.5, 0.6) is 0 Å².